The van der Waals surface area contributed by atoms with Gasteiger partial charge in [-0.3, -0.25) is 0 Å². The molecule has 0 aliphatic rings. The van der Waals surface area contributed by atoms with E-state index in [2.05, 4.69) is 13.0 Å². The molecule has 0 saturated heterocycles. The molecular weight excluding hydrogens is 336 g/mol. The van der Waals surface area contributed by atoms with E-state index in [9.17, 15) is 5.11 Å². The minimum absolute atomic E-state index is 0.138. The van der Waals surface area contributed by atoms with Gasteiger partial charge in [0.15, 0.2) is 0 Å². The van der Waals surface area contributed by atoms with Crippen LogP contribution >= 0.6 is 0 Å². The second-order valence-electron chi connectivity index (χ2n) is 7.79. The van der Waals surface area contributed by atoms with Gasteiger partial charge in [-0.2, -0.15) is 0 Å². The predicted molar refractivity (Wildman–Crippen MR) is 114 cm³/mol. The third-order valence-corrected chi connectivity index (χ3v) is 5.12. The fraction of sp³-hybridized carbons (Fsp3) is 0.750. The van der Waals surface area contributed by atoms with Gasteiger partial charge in [0.25, 0.3) is 0 Å². The summed E-state index contributed by atoms with van der Waals surface area (Å²) >= 11 is 0. The van der Waals surface area contributed by atoms with Crippen molar-refractivity contribution >= 4 is 0 Å². The van der Waals surface area contributed by atoms with Gasteiger partial charge in [0, 0.05) is 0 Å². The Morgan fingerprint density at radius 2 is 1.37 bits per heavy atom. The van der Waals surface area contributed by atoms with Crippen molar-refractivity contribution in [3.8, 4) is 5.75 Å². The van der Waals surface area contributed by atoms with Crippen LogP contribution in [0.1, 0.15) is 96.0 Å². The second kappa shape index (κ2) is 17.1. The molecule has 0 fully saturated rings. The van der Waals surface area contributed by atoms with Gasteiger partial charge >= 0.3 is 0 Å². The largest absolute Gasteiger partial charge is 0.491 e. The summed E-state index contributed by atoms with van der Waals surface area (Å²) in [7, 11) is 0. The molecule has 1 aromatic rings. The molecule has 156 valence electrons. The van der Waals surface area contributed by atoms with Crippen molar-refractivity contribution in [2.75, 3.05) is 13.2 Å². The van der Waals surface area contributed by atoms with Crippen molar-refractivity contribution in [1.29, 1.82) is 0 Å². The highest BCUT2D eigenvalue weighted by molar-refractivity contribution is 5.28. The second-order valence-corrected chi connectivity index (χ2v) is 7.79. The average Bonchev–Trinajstić information content (AvgIpc) is 2.70. The van der Waals surface area contributed by atoms with Crippen LogP contribution in [0.15, 0.2) is 24.3 Å². The van der Waals surface area contributed by atoms with Gasteiger partial charge in [-0.15, -0.1) is 0 Å². The minimum atomic E-state index is -0.810. The highest BCUT2D eigenvalue weighted by atomic mass is 16.5. The monoisotopic (exact) mass is 378 g/mol. The smallest absolute Gasteiger partial charge is 0.119 e. The van der Waals surface area contributed by atoms with Crippen molar-refractivity contribution in [3.63, 3.8) is 0 Å². The Bertz CT molecular complexity index is 447. The molecule has 0 aliphatic heterocycles. The quantitative estimate of drug-likeness (QED) is 0.306. The summed E-state index contributed by atoms with van der Waals surface area (Å²) in [6, 6.07) is 8.08. The number of ether oxygens (including phenoxy) is 1. The Morgan fingerprint density at radius 3 is 1.93 bits per heavy atom. The van der Waals surface area contributed by atoms with Gasteiger partial charge in [-0.05, 0) is 30.5 Å². The maximum absolute atomic E-state index is 9.35. The Morgan fingerprint density at radius 1 is 0.815 bits per heavy atom. The normalized spacial score (nSPS) is 12.3. The van der Waals surface area contributed by atoms with Crippen molar-refractivity contribution < 1.29 is 14.9 Å². The Balaban J connectivity index is 1.96. The van der Waals surface area contributed by atoms with Crippen molar-refractivity contribution in [2.45, 2.75) is 103 Å². The van der Waals surface area contributed by atoms with Crippen LogP contribution in [0, 0.1) is 0 Å². The number of unbranched alkanes of at least 4 members (excludes halogenated alkanes) is 12. The molecule has 0 radical (unpaired) electrons. The zero-order valence-electron chi connectivity index (χ0n) is 17.5. The van der Waals surface area contributed by atoms with Crippen LogP contribution in [0.5, 0.6) is 5.75 Å². The molecule has 0 heterocycles. The van der Waals surface area contributed by atoms with E-state index in [1.165, 1.54) is 89.0 Å². The zero-order chi connectivity index (χ0) is 19.6. The first-order valence-electron chi connectivity index (χ1n) is 11.3. The van der Waals surface area contributed by atoms with Gasteiger partial charge < -0.3 is 14.9 Å². The first kappa shape index (κ1) is 24.0. The third-order valence-electron chi connectivity index (χ3n) is 5.12. The summed E-state index contributed by atoms with van der Waals surface area (Å²) in [6.45, 7) is 2.15. The van der Waals surface area contributed by atoms with Gasteiger partial charge in [-0.25, -0.2) is 0 Å². The Labute approximate surface area is 167 Å². The molecule has 0 bridgehead atoms. The molecule has 3 nitrogen and oxygen atoms in total. The van der Waals surface area contributed by atoms with Crippen LogP contribution in [0.3, 0.4) is 0 Å². The first-order valence-corrected chi connectivity index (χ1v) is 11.3. The average molecular weight is 379 g/mol. The Hall–Kier alpha value is -1.06. The molecule has 27 heavy (non-hydrogen) atoms. The number of benzene rings is 1. The highest BCUT2D eigenvalue weighted by Gasteiger charge is 2.03. The van der Waals surface area contributed by atoms with Crippen LogP contribution < -0.4 is 4.74 Å². The fourth-order valence-electron chi connectivity index (χ4n) is 3.38. The van der Waals surface area contributed by atoms with Crippen LogP contribution in [0.2, 0.25) is 0 Å². The number of hydrogen-bond donors (Lipinski definition) is 2. The molecule has 0 aliphatic carbocycles. The molecule has 0 spiro atoms. The topological polar surface area (TPSA) is 49.7 Å². The zero-order valence-corrected chi connectivity index (χ0v) is 17.5. The predicted octanol–water partition coefficient (Wildman–Crippen LogP) is 6.05. The molecule has 1 atom stereocenters. The lowest BCUT2D eigenvalue weighted by Crippen LogP contribution is -2.21. The fourth-order valence-corrected chi connectivity index (χ4v) is 3.38. The van der Waals surface area contributed by atoms with E-state index < -0.39 is 6.10 Å². The molecule has 0 amide bonds. The SMILES string of the molecule is CCCCCCCCCCCCCCCc1cccc(OCC(O)CO)c1. The number of hydrogen-bond acceptors (Lipinski definition) is 3. The minimum Gasteiger partial charge on any atom is -0.491 e. The number of aliphatic hydroxyl groups is 2. The first-order chi connectivity index (χ1) is 13.3. The maximum atomic E-state index is 9.35. The van der Waals surface area contributed by atoms with Crippen LogP contribution in [-0.2, 0) is 6.42 Å². The molecule has 3 heteroatoms. The summed E-state index contributed by atoms with van der Waals surface area (Å²) in [6.07, 6.45) is 18.2. The van der Waals surface area contributed by atoms with Gasteiger partial charge in [0.05, 0.1) is 6.61 Å². The van der Waals surface area contributed by atoms with E-state index >= 15 is 0 Å². The summed E-state index contributed by atoms with van der Waals surface area (Å²) in [5.74, 6) is 0.773. The van der Waals surface area contributed by atoms with Gasteiger partial charge in [0.2, 0.25) is 0 Å². The summed E-state index contributed by atoms with van der Waals surface area (Å²) in [5.41, 5.74) is 1.29. The maximum Gasteiger partial charge on any atom is 0.119 e. The Kier molecular flexibility index (Phi) is 15.2. The summed E-state index contributed by atoms with van der Waals surface area (Å²) in [5, 5.41) is 18.2. The number of aliphatic hydroxyl groups excluding tert-OH is 2. The van der Waals surface area contributed by atoms with Crippen molar-refractivity contribution in [1.82, 2.24) is 0 Å². The molecule has 1 unspecified atom stereocenters. The van der Waals surface area contributed by atoms with E-state index in [-0.39, 0.29) is 13.2 Å². The lowest BCUT2D eigenvalue weighted by molar-refractivity contribution is 0.0536. The molecule has 0 aromatic heterocycles. The lowest BCUT2D eigenvalue weighted by Gasteiger charge is -2.11. The van der Waals surface area contributed by atoms with Crippen LogP contribution in [-0.4, -0.2) is 29.5 Å². The standard InChI is InChI=1S/C24H42O3/c1-2-3-4-5-6-7-8-9-10-11-12-13-14-16-22-17-15-18-24(19-22)27-21-23(26)20-25/h15,17-19,23,25-26H,2-14,16,20-21H2,1H3. The van der Waals surface area contributed by atoms with Crippen molar-refractivity contribution in [3.05, 3.63) is 29.8 Å². The molecule has 1 rings (SSSR count). The lowest BCUT2D eigenvalue weighted by atomic mass is 10.0. The highest BCUT2D eigenvalue weighted by Crippen LogP contribution is 2.17. The number of aryl methyl sites for hydroxylation is 1. The third kappa shape index (κ3) is 13.7. The van der Waals surface area contributed by atoms with Gasteiger partial charge in [-0.1, -0.05) is 96.1 Å². The van der Waals surface area contributed by atoms with Crippen LogP contribution in [0.25, 0.3) is 0 Å². The summed E-state index contributed by atoms with van der Waals surface area (Å²) in [4.78, 5) is 0. The molecule has 0 saturated carbocycles. The molecule has 1 aromatic carbocycles. The van der Waals surface area contributed by atoms with Gasteiger partial charge in [0.1, 0.15) is 18.5 Å². The van der Waals surface area contributed by atoms with E-state index in [1.54, 1.807) is 0 Å². The molecule has 2 N–H and O–H groups in total. The van der Waals surface area contributed by atoms with E-state index in [0.717, 1.165) is 12.2 Å². The van der Waals surface area contributed by atoms with E-state index in [1.807, 2.05) is 18.2 Å². The molecular formula is C24H42O3. The van der Waals surface area contributed by atoms with E-state index in [0.29, 0.717) is 0 Å². The van der Waals surface area contributed by atoms with Crippen LogP contribution in [0.4, 0.5) is 0 Å². The number of rotatable bonds is 18. The summed E-state index contributed by atoms with van der Waals surface area (Å²) < 4.78 is 5.51. The van der Waals surface area contributed by atoms with E-state index in [4.69, 9.17) is 9.84 Å². The van der Waals surface area contributed by atoms with Crippen molar-refractivity contribution in [2.24, 2.45) is 0 Å².